The van der Waals surface area contributed by atoms with E-state index in [4.69, 9.17) is 8.83 Å². The minimum atomic E-state index is 0.187. The highest BCUT2D eigenvalue weighted by atomic mass is 16.3. The predicted molar refractivity (Wildman–Crippen MR) is 66.9 cm³/mol. The van der Waals surface area contributed by atoms with E-state index in [1.54, 1.807) is 6.26 Å². The molecule has 0 spiro atoms. The van der Waals surface area contributed by atoms with Crippen LogP contribution < -0.4 is 5.32 Å². The van der Waals surface area contributed by atoms with Crippen molar-refractivity contribution in [3.05, 3.63) is 47.8 Å². The lowest BCUT2D eigenvalue weighted by atomic mass is 10.1. The largest absolute Gasteiger partial charge is 0.469 e. The average molecular weight is 233 g/mol. The van der Waals surface area contributed by atoms with E-state index >= 15 is 0 Å². The van der Waals surface area contributed by atoms with E-state index in [9.17, 15) is 0 Å². The summed E-state index contributed by atoms with van der Waals surface area (Å²) in [6, 6.07) is 8.19. The van der Waals surface area contributed by atoms with Gasteiger partial charge in [-0.3, -0.25) is 0 Å². The maximum absolute atomic E-state index is 5.79. The summed E-state index contributed by atoms with van der Waals surface area (Å²) in [5.74, 6) is 2.99. The Kier molecular flexibility index (Phi) is 4.04. The van der Waals surface area contributed by atoms with E-state index in [1.165, 1.54) is 0 Å². The van der Waals surface area contributed by atoms with E-state index in [2.05, 4.69) is 25.2 Å². The van der Waals surface area contributed by atoms with Crippen LogP contribution in [0.1, 0.15) is 37.2 Å². The van der Waals surface area contributed by atoms with Crippen molar-refractivity contribution in [2.45, 2.75) is 32.7 Å². The van der Waals surface area contributed by atoms with Crippen molar-refractivity contribution >= 4 is 0 Å². The van der Waals surface area contributed by atoms with Gasteiger partial charge in [0, 0.05) is 12.8 Å². The molecule has 2 aromatic rings. The van der Waals surface area contributed by atoms with Crippen LogP contribution >= 0.6 is 0 Å². The second-order valence-electron chi connectivity index (χ2n) is 4.05. The first kappa shape index (κ1) is 12.0. The molecular weight excluding hydrogens is 214 g/mol. The Morgan fingerprint density at radius 1 is 1.18 bits per heavy atom. The van der Waals surface area contributed by atoms with Crippen molar-refractivity contribution in [1.29, 1.82) is 0 Å². The van der Waals surface area contributed by atoms with Crippen molar-refractivity contribution in [2.24, 2.45) is 0 Å². The molecule has 0 aliphatic heterocycles. The fourth-order valence-corrected chi connectivity index (χ4v) is 1.92. The molecule has 1 unspecified atom stereocenters. The van der Waals surface area contributed by atoms with Crippen LogP contribution in [0, 0.1) is 0 Å². The number of aryl methyl sites for hydroxylation is 1. The predicted octanol–water partition coefficient (Wildman–Crippen LogP) is 3.33. The van der Waals surface area contributed by atoms with Crippen molar-refractivity contribution in [3.63, 3.8) is 0 Å². The molecule has 92 valence electrons. The Morgan fingerprint density at radius 2 is 2.06 bits per heavy atom. The molecule has 0 aliphatic rings. The third-order valence-electron chi connectivity index (χ3n) is 2.81. The second kappa shape index (κ2) is 5.73. The molecule has 0 saturated heterocycles. The standard InChI is InChI=1S/C14H19NO2/c1-3-11-7-8-14(17-11)13(15-4-2)10-12-6-5-9-16-12/h5-9,13,15H,3-4,10H2,1-2H3. The zero-order valence-corrected chi connectivity index (χ0v) is 10.4. The molecule has 2 heterocycles. The highest BCUT2D eigenvalue weighted by molar-refractivity contribution is 5.13. The Balaban J connectivity index is 2.10. The van der Waals surface area contributed by atoms with Crippen LogP contribution in [0.5, 0.6) is 0 Å². The molecule has 0 radical (unpaired) electrons. The zero-order chi connectivity index (χ0) is 12.1. The number of rotatable bonds is 6. The van der Waals surface area contributed by atoms with Gasteiger partial charge in [-0.15, -0.1) is 0 Å². The van der Waals surface area contributed by atoms with E-state index in [0.717, 1.165) is 36.7 Å². The first-order chi connectivity index (χ1) is 8.33. The van der Waals surface area contributed by atoms with Gasteiger partial charge < -0.3 is 14.2 Å². The minimum absolute atomic E-state index is 0.187. The lowest BCUT2D eigenvalue weighted by Crippen LogP contribution is -2.22. The van der Waals surface area contributed by atoms with Crippen molar-refractivity contribution in [2.75, 3.05) is 6.54 Å². The maximum Gasteiger partial charge on any atom is 0.121 e. The molecule has 1 N–H and O–H groups in total. The van der Waals surface area contributed by atoms with E-state index in [0.29, 0.717) is 0 Å². The molecule has 0 amide bonds. The summed E-state index contributed by atoms with van der Waals surface area (Å²) in [6.45, 7) is 5.10. The summed E-state index contributed by atoms with van der Waals surface area (Å²) in [7, 11) is 0. The molecule has 2 rings (SSSR count). The Hall–Kier alpha value is -1.48. The fraction of sp³-hybridized carbons (Fsp3) is 0.429. The Morgan fingerprint density at radius 3 is 2.65 bits per heavy atom. The fourth-order valence-electron chi connectivity index (χ4n) is 1.92. The normalized spacial score (nSPS) is 12.8. The molecule has 0 saturated carbocycles. The van der Waals surface area contributed by atoms with Crippen molar-refractivity contribution in [1.82, 2.24) is 5.32 Å². The summed E-state index contributed by atoms with van der Waals surface area (Å²) >= 11 is 0. The third kappa shape index (κ3) is 3.01. The summed E-state index contributed by atoms with van der Waals surface area (Å²) in [6.07, 6.45) is 3.45. The SMILES string of the molecule is CCNC(Cc1ccco1)c1ccc(CC)o1. The number of hydrogen-bond donors (Lipinski definition) is 1. The monoisotopic (exact) mass is 233 g/mol. The molecule has 3 heteroatoms. The lowest BCUT2D eigenvalue weighted by molar-refractivity contribution is 0.376. The number of hydrogen-bond acceptors (Lipinski definition) is 3. The first-order valence-electron chi connectivity index (χ1n) is 6.17. The highest BCUT2D eigenvalue weighted by Gasteiger charge is 2.16. The summed E-state index contributed by atoms with van der Waals surface area (Å²) in [5, 5.41) is 3.42. The molecule has 0 fully saturated rings. The van der Waals surface area contributed by atoms with Gasteiger partial charge >= 0.3 is 0 Å². The smallest absolute Gasteiger partial charge is 0.121 e. The van der Waals surface area contributed by atoms with Gasteiger partial charge in [0.15, 0.2) is 0 Å². The first-order valence-corrected chi connectivity index (χ1v) is 6.17. The average Bonchev–Trinajstić information content (AvgIpc) is 2.99. The van der Waals surface area contributed by atoms with E-state index < -0.39 is 0 Å². The van der Waals surface area contributed by atoms with E-state index in [1.807, 2.05) is 18.2 Å². The lowest BCUT2D eigenvalue weighted by Gasteiger charge is -2.14. The molecule has 2 aromatic heterocycles. The zero-order valence-electron chi connectivity index (χ0n) is 10.4. The van der Waals surface area contributed by atoms with Crippen LogP contribution in [0.2, 0.25) is 0 Å². The van der Waals surface area contributed by atoms with Gasteiger partial charge in [-0.25, -0.2) is 0 Å². The molecule has 0 aromatic carbocycles. The number of furan rings is 2. The van der Waals surface area contributed by atoms with Gasteiger partial charge in [0.1, 0.15) is 17.3 Å². The Bertz CT molecular complexity index is 431. The number of nitrogens with one attached hydrogen (secondary N) is 1. The third-order valence-corrected chi connectivity index (χ3v) is 2.81. The summed E-state index contributed by atoms with van der Waals surface area (Å²) < 4.78 is 11.2. The summed E-state index contributed by atoms with van der Waals surface area (Å²) in [5.41, 5.74) is 0. The quantitative estimate of drug-likeness (QED) is 0.831. The second-order valence-corrected chi connectivity index (χ2v) is 4.05. The molecule has 1 atom stereocenters. The maximum atomic E-state index is 5.79. The molecule has 0 bridgehead atoms. The summed E-state index contributed by atoms with van der Waals surface area (Å²) in [4.78, 5) is 0. The molecule has 17 heavy (non-hydrogen) atoms. The van der Waals surface area contributed by atoms with Crippen molar-refractivity contribution in [3.8, 4) is 0 Å². The minimum Gasteiger partial charge on any atom is -0.469 e. The van der Waals surface area contributed by atoms with Gasteiger partial charge in [-0.1, -0.05) is 13.8 Å². The van der Waals surface area contributed by atoms with Crippen LogP contribution in [0.4, 0.5) is 0 Å². The molecular formula is C14H19NO2. The van der Waals surface area contributed by atoms with Crippen LogP contribution in [0.25, 0.3) is 0 Å². The van der Waals surface area contributed by atoms with Crippen LogP contribution in [-0.2, 0) is 12.8 Å². The van der Waals surface area contributed by atoms with Crippen LogP contribution in [-0.4, -0.2) is 6.54 Å². The van der Waals surface area contributed by atoms with Crippen LogP contribution in [0.15, 0.2) is 39.4 Å². The van der Waals surface area contributed by atoms with Crippen LogP contribution in [0.3, 0.4) is 0 Å². The molecule has 3 nitrogen and oxygen atoms in total. The van der Waals surface area contributed by atoms with Gasteiger partial charge in [0.2, 0.25) is 0 Å². The number of likely N-dealkylation sites (N-methyl/N-ethyl adjacent to an activating group) is 1. The highest BCUT2D eigenvalue weighted by Crippen LogP contribution is 2.21. The topological polar surface area (TPSA) is 38.3 Å². The molecule has 0 aliphatic carbocycles. The van der Waals surface area contributed by atoms with Gasteiger partial charge in [-0.05, 0) is 30.8 Å². The van der Waals surface area contributed by atoms with Gasteiger partial charge in [0.25, 0.3) is 0 Å². The van der Waals surface area contributed by atoms with Gasteiger partial charge in [0.05, 0.1) is 12.3 Å². The van der Waals surface area contributed by atoms with E-state index in [-0.39, 0.29) is 6.04 Å². The van der Waals surface area contributed by atoms with Crippen molar-refractivity contribution < 1.29 is 8.83 Å². The van der Waals surface area contributed by atoms with Gasteiger partial charge in [-0.2, -0.15) is 0 Å². The Labute approximate surface area is 102 Å².